The van der Waals surface area contributed by atoms with Crippen molar-refractivity contribution in [3.05, 3.63) is 76.6 Å². The van der Waals surface area contributed by atoms with Crippen molar-refractivity contribution in [3.63, 3.8) is 0 Å². The van der Waals surface area contributed by atoms with Gasteiger partial charge in [0.2, 0.25) is 0 Å². The molecule has 3 aromatic heterocycles. The second kappa shape index (κ2) is 6.18. The summed E-state index contributed by atoms with van der Waals surface area (Å²) in [7, 11) is 1.69. The summed E-state index contributed by atoms with van der Waals surface area (Å²) in [6.07, 6.45) is 6.51. The van der Waals surface area contributed by atoms with E-state index in [0.717, 1.165) is 16.7 Å². The predicted molar refractivity (Wildman–Crippen MR) is 96.2 cm³/mol. The summed E-state index contributed by atoms with van der Waals surface area (Å²) in [5.74, 6) is -0.247. The van der Waals surface area contributed by atoms with Crippen LogP contribution in [0.3, 0.4) is 0 Å². The summed E-state index contributed by atoms with van der Waals surface area (Å²) in [6.45, 7) is 2.07. The molecule has 0 spiro atoms. The highest BCUT2D eigenvalue weighted by atomic mass is 19.1. The minimum atomic E-state index is -0.247. The lowest BCUT2D eigenvalue weighted by Gasteiger charge is -2.06. The first kappa shape index (κ1) is 16.1. The van der Waals surface area contributed by atoms with Crippen molar-refractivity contribution in [3.8, 4) is 11.1 Å². The SMILES string of the molecule is Cc1cc(-c2cnc3c(c2)n(Cc2cncnc2)c(=O)n3C)ccc1F. The molecule has 1 aromatic carbocycles. The summed E-state index contributed by atoms with van der Waals surface area (Å²) in [4.78, 5) is 25.1. The zero-order valence-electron chi connectivity index (χ0n) is 14.3. The number of pyridine rings is 1. The number of imidazole rings is 1. The number of benzene rings is 1. The van der Waals surface area contributed by atoms with Crippen LogP contribution in [0.1, 0.15) is 11.1 Å². The summed E-state index contributed by atoms with van der Waals surface area (Å²) >= 11 is 0. The van der Waals surface area contributed by atoms with E-state index in [4.69, 9.17) is 0 Å². The first-order valence-electron chi connectivity index (χ1n) is 8.10. The zero-order chi connectivity index (χ0) is 18.3. The van der Waals surface area contributed by atoms with E-state index in [1.807, 2.05) is 6.07 Å². The predicted octanol–water partition coefficient (Wildman–Crippen LogP) is 2.69. The topological polar surface area (TPSA) is 65.6 Å². The number of aromatic nitrogens is 5. The van der Waals surface area contributed by atoms with E-state index in [2.05, 4.69) is 15.0 Å². The normalized spacial score (nSPS) is 11.2. The second-order valence-corrected chi connectivity index (χ2v) is 6.21. The highest BCUT2D eigenvalue weighted by molar-refractivity contribution is 5.79. The Hall–Kier alpha value is -3.35. The smallest absolute Gasteiger partial charge is 0.286 e. The Kier molecular flexibility index (Phi) is 3.84. The van der Waals surface area contributed by atoms with Gasteiger partial charge < -0.3 is 0 Å². The third-order valence-electron chi connectivity index (χ3n) is 4.42. The quantitative estimate of drug-likeness (QED) is 0.570. The highest BCUT2D eigenvalue weighted by Crippen LogP contribution is 2.24. The molecule has 0 bridgehead atoms. The fourth-order valence-corrected chi connectivity index (χ4v) is 3.01. The number of fused-ring (bicyclic) bond motifs is 1. The lowest BCUT2D eigenvalue weighted by Crippen LogP contribution is -2.22. The van der Waals surface area contributed by atoms with E-state index in [-0.39, 0.29) is 11.5 Å². The average Bonchev–Trinajstić information content (AvgIpc) is 2.89. The molecule has 0 radical (unpaired) electrons. The van der Waals surface area contributed by atoms with Crippen molar-refractivity contribution < 1.29 is 4.39 Å². The van der Waals surface area contributed by atoms with Crippen molar-refractivity contribution in [2.75, 3.05) is 0 Å². The minimum absolute atomic E-state index is 0.163. The summed E-state index contributed by atoms with van der Waals surface area (Å²) in [5, 5.41) is 0. The van der Waals surface area contributed by atoms with Gasteiger partial charge in [-0.25, -0.2) is 24.1 Å². The lowest BCUT2D eigenvalue weighted by molar-refractivity contribution is 0.619. The van der Waals surface area contributed by atoms with Crippen LogP contribution in [0.15, 0.2) is 54.0 Å². The average molecular weight is 349 g/mol. The molecule has 0 aliphatic rings. The Morgan fingerprint density at radius 1 is 1.08 bits per heavy atom. The third-order valence-corrected chi connectivity index (χ3v) is 4.42. The minimum Gasteiger partial charge on any atom is -0.286 e. The van der Waals surface area contributed by atoms with E-state index in [9.17, 15) is 9.18 Å². The van der Waals surface area contributed by atoms with E-state index < -0.39 is 0 Å². The van der Waals surface area contributed by atoms with Crippen LogP contribution in [0, 0.1) is 12.7 Å². The molecule has 26 heavy (non-hydrogen) atoms. The van der Waals surface area contributed by atoms with Gasteiger partial charge in [-0.3, -0.25) is 9.13 Å². The van der Waals surface area contributed by atoms with Gasteiger partial charge in [-0.15, -0.1) is 0 Å². The molecule has 130 valence electrons. The molecule has 0 unspecified atom stereocenters. The molecule has 0 aliphatic heterocycles. The van der Waals surface area contributed by atoms with E-state index in [1.165, 1.54) is 17.0 Å². The summed E-state index contributed by atoms with van der Waals surface area (Å²) < 4.78 is 16.7. The molecule has 0 saturated carbocycles. The second-order valence-electron chi connectivity index (χ2n) is 6.21. The lowest BCUT2D eigenvalue weighted by atomic mass is 10.0. The Bertz CT molecular complexity index is 1160. The zero-order valence-corrected chi connectivity index (χ0v) is 14.3. The van der Waals surface area contributed by atoms with Crippen LogP contribution in [0.25, 0.3) is 22.3 Å². The van der Waals surface area contributed by atoms with Crippen LogP contribution in [0.4, 0.5) is 4.39 Å². The Balaban J connectivity index is 1.88. The maximum Gasteiger partial charge on any atom is 0.330 e. The van der Waals surface area contributed by atoms with Crippen molar-refractivity contribution >= 4 is 11.2 Å². The van der Waals surface area contributed by atoms with Crippen LogP contribution < -0.4 is 5.69 Å². The van der Waals surface area contributed by atoms with Crippen molar-refractivity contribution in [1.29, 1.82) is 0 Å². The van der Waals surface area contributed by atoms with Gasteiger partial charge in [0.05, 0.1) is 12.1 Å². The fourth-order valence-electron chi connectivity index (χ4n) is 3.01. The van der Waals surface area contributed by atoms with Gasteiger partial charge in [-0.1, -0.05) is 6.07 Å². The monoisotopic (exact) mass is 349 g/mol. The van der Waals surface area contributed by atoms with Gasteiger partial charge in [0, 0.05) is 36.8 Å². The molecular formula is C19H16FN5O. The Morgan fingerprint density at radius 2 is 1.85 bits per heavy atom. The van der Waals surface area contributed by atoms with Crippen LogP contribution in [0.5, 0.6) is 0 Å². The number of hydrogen-bond acceptors (Lipinski definition) is 4. The van der Waals surface area contributed by atoms with Gasteiger partial charge >= 0.3 is 5.69 Å². The molecule has 4 rings (SSSR count). The Morgan fingerprint density at radius 3 is 2.58 bits per heavy atom. The molecule has 0 fully saturated rings. The molecule has 0 atom stereocenters. The van der Waals surface area contributed by atoms with E-state index >= 15 is 0 Å². The van der Waals surface area contributed by atoms with Gasteiger partial charge in [-0.2, -0.15) is 0 Å². The van der Waals surface area contributed by atoms with Crippen LogP contribution in [-0.2, 0) is 13.6 Å². The van der Waals surface area contributed by atoms with Gasteiger partial charge in [-0.05, 0) is 36.2 Å². The van der Waals surface area contributed by atoms with Crippen molar-refractivity contribution in [1.82, 2.24) is 24.1 Å². The number of hydrogen-bond donors (Lipinski definition) is 0. The van der Waals surface area contributed by atoms with Crippen molar-refractivity contribution in [2.24, 2.45) is 7.05 Å². The van der Waals surface area contributed by atoms with Gasteiger partial charge in [0.25, 0.3) is 0 Å². The summed E-state index contributed by atoms with van der Waals surface area (Å²) in [5.41, 5.74) is 4.20. The number of rotatable bonds is 3. The number of nitrogens with zero attached hydrogens (tertiary/aromatic N) is 5. The number of aryl methyl sites for hydroxylation is 2. The summed E-state index contributed by atoms with van der Waals surface area (Å²) in [6, 6.07) is 6.82. The molecule has 0 aliphatic carbocycles. The first-order chi connectivity index (χ1) is 12.5. The van der Waals surface area contributed by atoms with Crippen LogP contribution >= 0.6 is 0 Å². The van der Waals surface area contributed by atoms with Gasteiger partial charge in [0.1, 0.15) is 12.1 Å². The molecule has 6 nitrogen and oxygen atoms in total. The largest absolute Gasteiger partial charge is 0.330 e. The molecule has 0 N–H and O–H groups in total. The molecule has 0 amide bonds. The third kappa shape index (κ3) is 2.67. The number of halogens is 1. The molecule has 4 aromatic rings. The standard InChI is InChI=1S/C19H16FN5O/c1-12-5-14(3-4-16(12)20)15-6-17-18(23-9-15)24(2)19(26)25(17)10-13-7-21-11-22-8-13/h3-9,11H,10H2,1-2H3. The first-order valence-corrected chi connectivity index (χ1v) is 8.10. The molecule has 7 heteroatoms. The molecular weight excluding hydrogens is 333 g/mol. The maximum absolute atomic E-state index is 13.6. The van der Waals surface area contributed by atoms with Crippen LogP contribution in [-0.4, -0.2) is 24.1 Å². The highest BCUT2D eigenvalue weighted by Gasteiger charge is 2.14. The van der Waals surface area contributed by atoms with Crippen LogP contribution in [0.2, 0.25) is 0 Å². The maximum atomic E-state index is 13.6. The Labute approximate surface area is 148 Å². The van der Waals surface area contributed by atoms with E-state index in [1.54, 1.807) is 49.3 Å². The van der Waals surface area contributed by atoms with E-state index in [0.29, 0.717) is 23.3 Å². The molecule has 3 heterocycles. The molecule has 0 saturated heterocycles. The fraction of sp³-hybridized carbons (Fsp3) is 0.158. The van der Waals surface area contributed by atoms with Crippen molar-refractivity contribution in [2.45, 2.75) is 13.5 Å². The van der Waals surface area contributed by atoms with Gasteiger partial charge in [0.15, 0.2) is 5.65 Å².